The molecule has 1 heterocycles. The predicted molar refractivity (Wildman–Crippen MR) is 172 cm³/mol. The largest absolute Gasteiger partial charge is 0.384 e. The molecule has 0 saturated heterocycles. The number of hydrogen-bond donors (Lipinski definition) is 3. The summed E-state index contributed by atoms with van der Waals surface area (Å²) in [6.45, 7) is 1.84. The zero-order chi connectivity index (χ0) is 30.6. The highest BCUT2D eigenvalue weighted by molar-refractivity contribution is 5.97. The van der Waals surface area contributed by atoms with Crippen LogP contribution in [0.1, 0.15) is 56.8 Å². The molecule has 0 unspecified atom stereocenters. The van der Waals surface area contributed by atoms with Crippen molar-refractivity contribution in [1.82, 2.24) is 14.5 Å². The monoisotopic (exact) mass is 588 g/mol. The molecule has 1 saturated carbocycles. The molecule has 0 spiro atoms. The summed E-state index contributed by atoms with van der Waals surface area (Å²) in [5.74, 6) is 1.20. The van der Waals surface area contributed by atoms with Gasteiger partial charge in [-0.2, -0.15) is 0 Å². The molecule has 5 N–H and O–H groups in total. The predicted octanol–water partition coefficient (Wildman–Crippen LogP) is 5.96. The van der Waals surface area contributed by atoms with Gasteiger partial charge in [0, 0.05) is 49.3 Å². The van der Waals surface area contributed by atoms with Gasteiger partial charge >= 0.3 is 0 Å². The second-order valence-electron chi connectivity index (χ2n) is 11.7. The average Bonchev–Trinajstić information content (AvgIpc) is 3.80. The minimum absolute atomic E-state index is 0.0603. The number of carbonyl (C=O) groups is 1. The highest BCUT2D eigenvalue weighted by atomic mass is 19.1. The van der Waals surface area contributed by atoms with Gasteiger partial charge in [-0.05, 0) is 66.1 Å². The number of aromatic nitrogens is 2. The lowest BCUT2D eigenvalue weighted by Gasteiger charge is -2.24. The van der Waals surface area contributed by atoms with E-state index in [1.807, 2.05) is 66.7 Å². The Bertz CT molecular complexity index is 1790. The van der Waals surface area contributed by atoms with Crippen LogP contribution >= 0.6 is 0 Å². The minimum Gasteiger partial charge on any atom is -0.384 e. The minimum atomic E-state index is -0.335. The maximum absolute atomic E-state index is 14.7. The first-order valence-electron chi connectivity index (χ1n) is 15.1. The van der Waals surface area contributed by atoms with Crippen molar-refractivity contribution in [3.8, 4) is 0 Å². The van der Waals surface area contributed by atoms with Crippen LogP contribution in [0.3, 0.4) is 0 Å². The summed E-state index contributed by atoms with van der Waals surface area (Å²) in [4.78, 5) is 20.7. The molecule has 0 atom stereocenters. The van der Waals surface area contributed by atoms with Gasteiger partial charge in [0.25, 0.3) is 5.91 Å². The van der Waals surface area contributed by atoms with E-state index in [1.165, 1.54) is 18.9 Å². The number of aryl methyl sites for hydroxylation is 2. The van der Waals surface area contributed by atoms with Crippen LogP contribution in [-0.2, 0) is 39.0 Å². The molecule has 224 valence electrons. The van der Waals surface area contributed by atoms with Crippen LogP contribution in [0.2, 0.25) is 0 Å². The van der Waals surface area contributed by atoms with E-state index in [9.17, 15) is 9.18 Å². The van der Waals surface area contributed by atoms with E-state index in [-0.39, 0.29) is 24.1 Å². The molecule has 1 aliphatic rings. The van der Waals surface area contributed by atoms with Crippen LogP contribution in [0, 0.1) is 17.1 Å². The van der Waals surface area contributed by atoms with Gasteiger partial charge in [-0.25, -0.2) is 9.37 Å². The number of nitrogens with one attached hydrogen (secondary N) is 1. The van der Waals surface area contributed by atoms with E-state index in [0.717, 1.165) is 52.9 Å². The standard InChI is InChI=1S/C36H37FN6O/c37-31-4-2-1-3-30(31)23-42(21-26-7-5-25(20-38)6-8-26)36(44)29-16-17-33-32(19-29)41-34(43(33)22-27-9-10-27)18-13-24-11-14-28(15-12-24)35(39)40/h1-8,11-12,14-17,19,27H,9-10,13,18,20-23,38H2,(H3,39,40). The summed E-state index contributed by atoms with van der Waals surface area (Å²) in [5, 5.41) is 7.63. The average molecular weight is 589 g/mol. The second kappa shape index (κ2) is 12.8. The fraction of sp³-hybridized carbons (Fsp3) is 0.250. The number of benzene rings is 4. The van der Waals surface area contributed by atoms with Gasteiger partial charge < -0.3 is 20.9 Å². The lowest BCUT2D eigenvalue weighted by atomic mass is 10.1. The zero-order valence-corrected chi connectivity index (χ0v) is 24.7. The summed E-state index contributed by atoms with van der Waals surface area (Å²) in [5.41, 5.74) is 18.0. The first-order valence-corrected chi connectivity index (χ1v) is 15.1. The molecule has 0 bridgehead atoms. The quantitative estimate of drug-likeness (QED) is 0.123. The Morgan fingerprint density at radius 3 is 2.25 bits per heavy atom. The first-order chi connectivity index (χ1) is 21.4. The molecular weight excluding hydrogens is 551 g/mol. The van der Waals surface area contributed by atoms with E-state index in [4.69, 9.17) is 21.9 Å². The van der Waals surface area contributed by atoms with Crippen LogP contribution in [0.4, 0.5) is 4.39 Å². The maximum atomic E-state index is 14.7. The van der Waals surface area contributed by atoms with Crippen molar-refractivity contribution < 1.29 is 9.18 Å². The highest BCUT2D eigenvalue weighted by Gasteiger charge is 2.25. The molecule has 1 aromatic heterocycles. The van der Waals surface area contributed by atoms with E-state index < -0.39 is 0 Å². The fourth-order valence-electron chi connectivity index (χ4n) is 5.59. The summed E-state index contributed by atoms with van der Waals surface area (Å²) in [6, 6.07) is 27.9. The van der Waals surface area contributed by atoms with Gasteiger partial charge in [-0.15, -0.1) is 0 Å². The summed E-state index contributed by atoms with van der Waals surface area (Å²) >= 11 is 0. The number of hydrogen-bond acceptors (Lipinski definition) is 4. The lowest BCUT2D eigenvalue weighted by Crippen LogP contribution is -2.30. The molecule has 6 rings (SSSR count). The van der Waals surface area contributed by atoms with Gasteiger partial charge in [0.1, 0.15) is 17.5 Å². The molecule has 7 nitrogen and oxygen atoms in total. The van der Waals surface area contributed by atoms with Gasteiger partial charge in [0.05, 0.1) is 11.0 Å². The summed E-state index contributed by atoms with van der Waals surface area (Å²) in [6.07, 6.45) is 4.00. The number of nitrogen functional groups attached to an aromatic ring is 1. The van der Waals surface area contributed by atoms with Crippen LogP contribution in [0.5, 0.6) is 0 Å². The van der Waals surface area contributed by atoms with Gasteiger partial charge in [-0.1, -0.05) is 66.7 Å². The maximum Gasteiger partial charge on any atom is 0.254 e. The van der Waals surface area contributed by atoms with Crippen molar-refractivity contribution in [1.29, 1.82) is 5.41 Å². The molecular formula is C36H37FN6O. The number of imidazole rings is 1. The number of fused-ring (bicyclic) bond motifs is 1. The van der Waals surface area contributed by atoms with Crippen molar-refractivity contribution in [2.45, 2.75) is 51.9 Å². The molecule has 4 aromatic carbocycles. The van der Waals surface area contributed by atoms with Crippen molar-refractivity contribution >= 4 is 22.8 Å². The van der Waals surface area contributed by atoms with Crippen LogP contribution < -0.4 is 11.5 Å². The lowest BCUT2D eigenvalue weighted by molar-refractivity contribution is 0.0728. The Hall–Kier alpha value is -4.82. The van der Waals surface area contributed by atoms with Crippen molar-refractivity contribution in [2.75, 3.05) is 0 Å². The van der Waals surface area contributed by atoms with Crippen molar-refractivity contribution in [2.24, 2.45) is 17.4 Å². The van der Waals surface area contributed by atoms with Crippen molar-refractivity contribution in [3.05, 3.63) is 136 Å². The number of halogens is 1. The van der Waals surface area contributed by atoms with E-state index in [0.29, 0.717) is 35.7 Å². The zero-order valence-electron chi connectivity index (χ0n) is 24.7. The number of amidine groups is 1. The third-order valence-electron chi connectivity index (χ3n) is 8.35. The number of carbonyl (C=O) groups excluding carboxylic acids is 1. The summed E-state index contributed by atoms with van der Waals surface area (Å²) < 4.78 is 17.0. The van der Waals surface area contributed by atoms with Gasteiger partial charge in [-0.3, -0.25) is 10.2 Å². The normalized spacial score (nSPS) is 12.9. The van der Waals surface area contributed by atoms with Crippen LogP contribution in [0.25, 0.3) is 11.0 Å². The fourth-order valence-corrected chi connectivity index (χ4v) is 5.59. The summed E-state index contributed by atoms with van der Waals surface area (Å²) in [7, 11) is 0. The Morgan fingerprint density at radius 2 is 1.57 bits per heavy atom. The molecule has 1 fully saturated rings. The number of nitrogens with zero attached hydrogens (tertiary/aromatic N) is 3. The topological polar surface area (TPSA) is 114 Å². The number of nitrogens with two attached hydrogens (primary N) is 2. The molecule has 5 aromatic rings. The smallest absolute Gasteiger partial charge is 0.254 e. The molecule has 44 heavy (non-hydrogen) atoms. The number of amides is 1. The highest BCUT2D eigenvalue weighted by Crippen LogP contribution is 2.33. The third-order valence-corrected chi connectivity index (χ3v) is 8.35. The van der Waals surface area contributed by atoms with Gasteiger partial charge in [0.2, 0.25) is 0 Å². The van der Waals surface area contributed by atoms with Gasteiger partial charge in [0.15, 0.2) is 0 Å². The Balaban J connectivity index is 1.28. The SMILES string of the molecule is N=C(N)c1ccc(CCc2nc3cc(C(=O)N(Cc4ccc(CN)cc4)Cc4ccccc4F)ccc3n2CC2CC2)cc1. The van der Waals surface area contributed by atoms with E-state index >= 15 is 0 Å². The van der Waals surface area contributed by atoms with E-state index in [1.54, 1.807) is 23.1 Å². The molecule has 1 amide bonds. The van der Waals surface area contributed by atoms with Crippen LogP contribution in [0.15, 0.2) is 91.0 Å². The van der Waals surface area contributed by atoms with E-state index in [2.05, 4.69) is 4.57 Å². The molecule has 8 heteroatoms. The first kappa shape index (κ1) is 29.3. The Morgan fingerprint density at radius 1 is 0.886 bits per heavy atom. The van der Waals surface area contributed by atoms with Crippen LogP contribution in [-0.4, -0.2) is 26.2 Å². The Labute approximate surface area is 256 Å². The third kappa shape index (κ3) is 6.71. The molecule has 0 radical (unpaired) electrons. The molecule has 0 aliphatic heterocycles. The molecule has 1 aliphatic carbocycles. The number of rotatable bonds is 12. The van der Waals surface area contributed by atoms with Crippen molar-refractivity contribution in [3.63, 3.8) is 0 Å². The second-order valence-corrected chi connectivity index (χ2v) is 11.7. The Kier molecular flexibility index (Phi) is 8.52.